The molecule has 3 rings (SSSR count). The van der Waals surface area contributed by atoms with E-state index in [1.165, 1.54) is 10.9 Å². The molecule has 1 aromatic carbocycles. The van der Waals surface area contributed by atoms with Crippen molar-refractivity contribution < 1.29 is 14.7 Å². The molecule has 2 heterocycles. The highest BCUT2D eigenvalue weighted by Crippen LogP contribution is 2.14. The first-order valence-corrected chi connectivity index (χ1v) is 8.41. The Labute approximate surface area is 155 Å². The van der Waals surface area contributed by atoms with Crippen LogP contribution in [-0.4, -0.2) is 41.8 Å². The lowest BCUT2D eigenvalue weighted by Gasteiger charge is -2.07. The van der Waals surface area contributed by atoms with Gasteiger partial charge in [-0.2, -0.15) is 5.10 Å². The number of carbonyl (C=O) groups is 2. The Morgan fingerprint density at radius 2 is 1.93 bits per heavy atom. The van der Waals surface area contributed by atoms with Gasteiger partial charge in [0.2, 0.25) is 5.91 Å². The van der Waals surface area contributed by atoms with Crippen molar-refractivity contribution in [3.05, 3.63) is 64.7 Å². The SMILES string of the molecule is Cc1nn(Cc2ccccc2)c(C)c1CNC(=O)Cn1cc(C(=O)O)nn1. The summed E-state index contributed by atoms with van der Waals surface area (Å²) in [6.45, 7) is 4.79. The molecule has 0 radical (unpaired) electrons. The summed E-state index contributed by atoms with van der Waals surface area (Å²) in [5.41, 5.74) is 3.77. The van der Waals surface area contributed by atoms with Crippen LogP contribution >= 0.6 is 0 Å². The number of benzene rings is 1. The van der Waals surface area contributed by atoms with Crippen molar-refractivity contribution in [2.75, 3.05) is 0 Å². The van der Waals surface area contributed by atoms with Gasteiger partial charge in [0.25, 0.3) is 0 Å². The Morgan fingerprint density at radius 3 is 2.59 bits per heavy atom. The van der Waals surface area contributed by atoms with Gasteiger partial charge in [-0.15, -0.1) is 5.10 Å². The summed E-state index contributed by atoms with van der Waals surface area (Å²) in [6, 6.07) is 10.0. The number of carbonyl (C=O) groups excluding carboxylic acids is 1. The lowest BCUT2D eigenvalue weighted by molar-refractivity contribution is -0.122. The number of hydrogen-bond acceptors (Lipinski definition) is 5. The fraction of sp³-hybridized carbons (Fsp3) is 0.278. The fourth-order valence-corrected chi connectivity index (χ4v) is 2.76. The van der Waals surface area contributed by atoms with Gasteiger partial charge in [0.1, 0.15) is 6.54 Å². The summed E-state index contributed by atoms with van der Waals surface area (Å²) in [7, 11) is 0. The van der Waals surface area contributed by atoms with E-state index in [0.717, 1.165) is 22.5 Å². The highest BCUT2D eigenvalue weighted by molar-refractivity contribution is 5.84. The zero-order chi connectivity index (χ0) is 19.4. The molecule has 3 aromatic rings. The molecule has 27 heavy (non-hydrogen) atoms. The predicted molar refractivity (Wildman–Crippen MR) is 96.1 cm³/mol. The number of aromatic nitrogens is 5. The topological polar surface area (TPSA) is 115 Å². The van der Waals surface area contributed by atoms with E-state index in [1.807, 2.05) is 48.9 Å². The molecule has 0 aliphatic heterocycles. The van der Waals surface area contributed by atoms with Crippen LogP contribution in [0.2, 0.25) is 0 Å². The van der Waals surface area contributed by atoms with E-state index in [-0.39, 0.29) is 18.1 Å². The van der Waals surface area contributed by atoms with Crippen LogP contribution in [0.4, 0.5) is 0 Å². The molecule has 0 bridgehead atoms. The largest absolute Gasteiger partial charge is 0.476 e. The number of carboxylic acids is 1. The quantitative estimate of drug-likeness (QED) is 0.647. The number of amides is 1. The maximum Gasteiger partial charge on any atom is 0.358 e. The predicted octanol–water partition coefficient (Wildman–Crippen LogP) is 1.15. The summed E-state index contributed by atoms with van der Waals surface area (Å²) < 4.78 is 3.11. The number of carboxylic acid groups (broad SMARTS) is 1. The lowest BCUT2D eigenvalue weighted by atomic mass is 10.2. The number of rotatable bonds is 7. The molecule has 0 fully saturated rings. The van der Waals surface area contributed by atoms with Gasteiger partial charge in [-0.25, -0.2) is 9.48 Å². The molecule has 140 valence electrons. The van der Waals surface area contributed by atoms with E-state index in [4.69, 9.17) is 5.11 Å². The molecule has 0 saturated carbocycles. The van der Waals surface area contributed by atoms with Gasteiger partial charge in [-0.05, 0) is 19.4 Å². The minimum atomic E-state index is -1.18. The fourth-order valence-electron chi connectivity index (χ4n) is 2.76. The molecule has 0 unspecified atom stereocenters. The Kier molecular flexibility index (Phi) is 5.30. The molecule has 9 nitrogen and oxygen atoms in total. The molecular weight excluding hydrogens is 348 g/mol. The third kappa shape index (κ3) is 4.38. The minimum absolute atomic E-state index is 0.101. The maximum atomic E-state index is 12.1. The van der Waals surface area contributed by atoms with Gasteiger partial charge in [0.15, 0.2) is 5.69 Å². The van der Waals surface area contributed by atoms with Crippen LogP contribution in [0.25, 0.3) is 0 Å². The second kappa shape index (κ2) is 7.81. The number of aryl methyl sites for hydroxylation is 1. The molecule has 2 N–H and O–H groups in total. The van der Waals surface area contributed by atoms with Crippen molar-refractivity contribution in [3.63, 3.8) is 0 Å². The summed E-state index contributed by atoms with van der Waals surface area (Å²) in [5, 5.41) is 23.3. The maximum absolute atomic E-state index is 12.1. The highest BCUT2D eigenvalue weighted by Gasteiger charge is 2.14. The Morgan fingerprint density at radius 1 is 1.19 bits per heavy atom. The van der Waals surface area contributed by atoms with Gasteiger partial charge in [0.05, 0.1) is 18.4 Å². The van der Waals surface area contributed by atoms with Crippen LogP contribution in [-0.2, 0) is 24.4 Å². The summed E-state index contributed by atoms with van der Waals surface area (Å²) in [4.78, 5) is 22.9. The Bertz CT molecular complexity index is 961. The molecule has 2 aromatic heterocycles. The zero-order valence-corrected chi connectivity index (χ0v) is 15.1. The van der Waals surface area contributed by atoms with Crippen LogP contribution in [0.1, 0.15) is 33.0 Å². The first-order chi connectivity index (χ1) is 12.9. The number of nitrogens with zero attached hydrogens (tertiary/aromatic N) is 5. The normalized spacial score (nSPS) is 10.7. The molecule has 0 aliphatic carbocycles. The van der Waals surface area contributed by atoms with E-state index in [0.29, 0.717) is 13.1 Å². The number of aromatic carboxylic acids is 1. The molecular formula is C18H20N6O3. The second-order valence-corrected chi connectivity index (χ2v) is 6.18. The van der Waals surface area contributed by atoms with Gasteiger partial charge < -0.3 is 10.4 Å². The average molecular weight is 368 g/mol. The van der Waals surface area contributed by atoms with Gasteiger partial charge in [0, 0.05) is 17.8 Å². The van der Waals surface area contributed by atoms with Crippen molar-refractivity contribution in [2.24, 2.45) is 0 Å². The van der Waals surface area contributed by atoms with Crippen molar-refractivity contribution in [1.29, 1.82) is 0 Å². The molecule has 1 amide bonds. The smallest absolute Gasteiger partial charge is 0.358 e. The summed E-state index contributed by atoms with van der Waals surface area (Å²) in [5.74, 6) is -1.47. The first-order valence-electron chi connectivity index (χ1n) is 8.41. The number of hydrogen-bond donors (Lipinski definition) is 2. The third-order valence-electron chi connectivity index (χ3n) is 4.23. The van der Waals surface area contributed by atoms with Crippen LogP contribution < -0.4 is 5.32 Å². The molecule has 0 saturated heterocycles. The summed E-state index contributed by atoms with van der Waals surface area (Å²) in [6.07, 6.45) is 1.22. The zero-order valence-electron chi connectivity index (χ0n) is 15.1. The number of nitrogens with one attached hydrogen (secondary N) is 1. The average Bonchev–Trinajstić information content (AvgIpc) is 3.20. The van der Waals surface area contributed by atoms with E-state index < -0.39 is 5.97 Å². The Balaban J connectivity index is 1.61. The molecule has 0 atom stereocenters. The van der Waals surface area contributed by atoms with Crippen LogP contribution in [0, 0.1) is 13.8 Å². The Hall–Kier alpha value is -3.49. The monoisotopic (exact) mass is 368 g/mol. The third-order valence-corrected chi connectivity index (χ3v) is 4.23. The molecule has 9 heteroatoms. The standard InChI is InChI=1S/C18H20N6O3/c1-12-15(13(2)24(21-12)9-14-6-4-3-5-7-14)8-19-17(25)11-23-10-16(18(26)27)20-22-23/h3-7,10H,8-9,11H2,1-2H3,(H,19,25)(H,26,27). The summed E-state index contributed by atoms with van der Waals surface area (Å²) >= 11 is 0. The van der Waals surface area contributed by atoms with E-state index >= 15 is 0 Å². The van der Waals surface area contributed by atoms with E-state index in [9.17, 15) is 9.59 Å². The highest BCUT2D eigenvalue weighted by atomic mass is 16.4. The second-order valence-electron chi connectivity index (χ2n) is 6.18. The van der Waals surface area contributed by atoms with Crippen LogP contribution in [0.3, 0.4) is 0 Å². The first kappa shape index (κ1) is 18.3. The lowest BCUT2D eigenvalue weighted by Crippen LogP contribution is -2.27. The van der Waals surface area contributed by atoms with E-state index in [2.05, 4.69) is 20.7 Å². The van der Waals surface area contributed by atoms with Crippen LogP contribution in [0.15, 0.2) is 36.5 Å². The van der Waals surface area contributed by atoms with E-state index in [1.54, 1.807) is 0 Å². The molecule has 0 spiro atoms. The van der Waals surface area contributed by atoms with Crippen molar-refractivity contribution in [1.82, 2.24) is 30.1 Å². The minimum Gasteiger partial charge on any atom is -0.476 e. The van der Waals surface area contributed by atoms with Gasteiger partial charge in [-0.3, -0.25) is 9.48 Å². The van der Waals surface area contributed by atoms with Crippen LogP contribution in [0.5, 0.6) is 0 Å². The van der Waals surface area contributed by atoms with Crippen molar-refractivity contribution in [2.45, 2.75) is 33.5 Å². The van der Waals surface area contributed by atoms with Crippen molar-refractivity contribution in [3.8, 4) is 0 Å². The molecule has 0 aliphatic rings. The van der Waals surface area contributed by atoms with Gasteiger partial charge >= 0.3 is 5.97 Å². The van der Waals surface area contributed by atoms with Gasteiger partial charge in [-0.1, -0.05) is 35.5 Å². The van der Waals surface area contributed by atoms with Crippen molar-refractivity contribution >= 4 is 11.9 Å².